The van der Waals surface area contributed by atoms with E-state index in [2.05, 4.69) is 6.07 Å². The van der Waals surface area contributed by atoms with Crippen LogP contribution in [0.25, 0.3) is 0 Å². The van der Waals surface area contributed by atoms with E-state index in [-0.39, 0.29) is 0 Å². The van der Waals surface area contributed by atoms with Crippen molar-refractivity contribution in [3.63, 3.8) is 0 Å². The number of nitrogens with two attached hydrogens (primary N) is 1. The van der Waals surface area contributed by atoms with Crippen molar-refractivity contribution in [1.29, 1.82) is 5.26 Å². The molecular formula is C14H20N2O2. The molecule has 4 heteroatoms. The third-order valence-electron chi connectivity index (χ3n) is 2.48. The maximum Gasteiger partial charge on any atom is 0.119 e. The zero-order chi connectivity index (χ0) is 13.3. The van der Waals surface area contributed by atoms with Crippen LogP contribution in [0.15, 0.2) is 30.3 Å². The Balaban J connectivity index is 1.98. The molecule has 0 bridgehead atoms. The van der Waals surface area contributed by atoms with Gasteiger partial charge in [0.2, 0.25) is 0 Å². The highest BCUT2D eigenvalue weighted by atomic mass is 16.5. The van der Waals surface area contributed by atoms with Gasteiger partial charge >= 0.3 is 0 Å². The average Bonchev–Trinajstić information content (AvgIpc) is 2.39. The monoisotopic (exact) mass is 248 g/mol. The van der Waals surface area contributed by atoms with Crippen molar-refractivity contribution >= 4 is 0 Å². The van der Waals surface area contributed by atoms with Gasteiger partial charge in [0, 0.05) is 6.61 Å². The predicted molar refractivity (Wildman–Crippen MR) is 70.2 cm³/mol. The zero-order valence-corrected chi connectivity index (χ0v) is 10.8. The van der Waals surface area contributed by atoms with Crippen LogP contribution in [0.2, 0.25) is 0 Å². The van der Waals surface area contributed by atoms with E-state index in [1.54, 1.807) is 6.92 Å². The molecule has 0 aliphatic rings. The molecule has 18 heavy (non-hydrogen) atoms. The van der Waals surface area contributed by atoms with E-state index in [0.717, 1.165) is 12.2 Å². The normalized spacial score (nSPS) is 13.6. The molecule has 0 aliphatic heterocycles. The first-order chi connectivity index (χ1) is 8.64. The van der Waals surface area contributed by atoms with E-state index in [1.165, 1.54) is 0 Å². The summed E-state index contributed by atoms with van der Waals surface area (Å²) >= 11 is 0. The summed E-state index contributed by atoms with van der Waals surface area (Å²) in [5.74, 6) is 0.847. The van der Waals surface area contributed by atoms with Crippen molar-refractivity contribution in [2.45, 2.75) is 25.3 Å². The number of nitriles is 1. The molecule has 0 amide bonds. The molecule has 1 atom stereocenters. The summed E-state index contributed by atoms with van der Waals surface area (Å²) in [4.78, 5) is 0. The third-order valence-corrected chi connectivity index (χ3v) is 2.48. The number of nitrogens with zero attached hydrogens (tertiary/aromatic N) is 1. The van der Waals surface area contributed by atoms with Crippen molar-refractivity contribution in [1.82, 2.24) is 0 Å². The summed E-state index contributed by atoms with van der Waals surface area (Å²) in [6, 6.07) is 11.7. The number of rotatable bonds is 8. The highest BCUT2D eigenvalue weighted by Gasteiger charge is 2.15. The SMILES string of the molecule is CC(N)(C#N)CCCOCCOc1ccccc1. The number of hydrogen-bond donors (Lipinski definition) is 1. The van der Waals surface area contributed by atoms with Crippen molar-refractivity contribution in [3.05, 3.63) is 30.3 Å². The summed E-state index contributed by atoms with van der Waals surface area (Å²) in [5, 5.41) is 8.73. The summed E-state index contributed by atoms with van der Waals surface area (Å²) in [7, 11) is 0. The summed E-state index contributed by atoms with van der Waals surface area (Å²) < 4.78 is 10.9. The first kappa shape index (κ1) is 14.5. The van der Waals surface area contributed by atoms with Crippen molar-refractivity contribution in [3.8, 4) is 11.8 Å². The van der Waals surface area contributed by atoms with E-state index in [4.69, 9.17) is 20.5 Å². The molecular weight excluding hydrogens is 228 g/mol. The first-order valence-corrected chi connectivity index (χ1v) is 6.10. The van der Waals surface area contributed by atoms with Gasteiger partial charge in [-0.25, -0.2) is 0 Å². The minimum absolute atomic E-state index is 0.530. The molecule has 0 spiro atoms. The van der Waals surface area contributed by atoms with Gasteiger partial charge in [0.05, 0.1) is 12.7 Å². The van der Waals surface area contributed by atoms with Gasteiger partial charge in [-0.1, -0.05) is 18.2 Å². The molecule has 1 unspecified atom stereocenters. The summed E-state index contributed by atoms with van der Waals surface area (Å²) in [6.07, 6.45) is 1.43. The largest absolute Gasteiger partial charge is 0.491 e. The fourth-order valence-electron chi connectivity index (χ4n) is 1.43. The predicted octanol–water partition coefficient (Wildman–Crippen LogP) is 2.10. The van der Waals surface area contributed by atoms with E-state index in [9.17, 15) is 0 Å². The van der Waals surface area contributed by atoms with Gasteiger partial charge in [0.15, 0.2) is 0 Å². The van der Waals surface area contributed by atoms with Crippen molar-refractivity contribution in [2.24, 2.45) is 5.73 Å². The molecule has 1 aromatic carbocycles. The Morgan fingerprint density at radius 3 is 2.61 bits per heavy atom. The minimum Gasteiger partial charge on any atom is -0.491 e. The molecule has 98 valence electrons. The molecule has 2 N–H and O–H groups in total. The highest BCUT2D eigenvalue weighted by molar-refractivity contribution is 5.20. The van der Waals surface area contributed by atoms with E-state index in [0.29, 0.717) is 26.2 Å². The zero-order valence-electron chi connectivity index (χ0n) is 10.8. The summed E-state index contributed by atoms with van der Waals surface area (Å²) in [6.45, 7) is 3.41. The standard InChI is InChI=1S/C14H20N2O2/c1-14(16,12-15)8-5-9-17-10-11-18-13-6-3-2-4-7-13/h2-4,6-7H,5,8-11,16H2,1H3. The molecule has 0 saturated heterocycles. The number of hydrogen-bond acceptors (Lipinski definition) is 4. The fourth-order valence-corrected chi connectivity index (χ4v) is 1.43. The van der Waals surface area contributed by atoms with Crippen LogP contribution in [0, 0.1) is 11.3 Å². The van der Waals surface area contributed by atoms with Crippen LogP contribution >= 0.6 is 0 Å². The molecule has 4 nitrogen and oxygen atoms in total. The lowest BCUT2D eigenvalue weighted by molar-refractivity contribution is 0.0956. The third kappa shape index (κ3) is 6.24. The molecule has 0 fully saturated rings. The van der Waals surface area contributed by atoms with Crippen LogP contribution in [-0.4, -0.2) is 25.4 Å². The van der Waals surface area contributed by atoms with Gasteiger partial charge in [0.1, 0.15) is 17.9 Å². The molecule has 0 aliphatic carbocycles. The van der Waals surface area contributed by atoms with E-state index in [1.807, 2.05) is 30.3 Å². The van der Waals surface area contributed by atoms with Crippen LogP contribution in [0.1, 0.15) is 19.8 Å². The Labute approximate surface area is 108 Å². The van der Waals surface area contributed by atoms with Crippen LogP contribution < -0.4 is 10.5 Å². The second-order valence-corrected chi connectivity index (χ2v) is 4.41. The van der Waals surface area contributed by atoms with Crippen LogP contribution in [0.4, 0.5) is 0 Å². The average molecular weight is 248 g/mol. The second kappa shape index (κ2) is 7.70. The van der Waals surface area contributed by atoms with E-state index < -0.39 is 5.54 Å². The quantitative estimate of drug-likeness (QED) is 0.715. The van der Waals surface area contributed by atoms with Gasteiger partial charge in [-0.05, 0) is 31.9 Å². The molecule has 1 aromatic rings. The Morgan fingerprint density at radius 2 is 1.94 bits per heavy atom. The molecule has 0 heterocycles. The Hall–Kier alpha value is -1.57. The Kier molecular flexibility index (Phi) is 6.20. The molecule has 0 saturated carbocycles. The van der Waals surface area contributed by atoms with Crippen molar-refractivity contribution in [2.75, 3.05) is 19.8 Å². The molecule has 0 radical (unpaired) electrons. The van der Waals surface area contributed by atoms with Crippen LogP contribution in [-0.2, 0) is 4.74 Å². The second-order valence-electron chi connectivity index (χ2n) is 4.41. The van der Waals surface area contributed by atoms with Gasteiger partial charge in [0.25, 0.3) is 0 Å². The topological polar surface area (TPSA) is 68.3 Å². The van der Waals surface area contributed by atoms with Gasteiger partial charge in [-0.2, -0.15) is 5.26 Å². The number of ether oxygens (including phenoxy) is 2. The first-order valence-electron chi connectivity index (χ1n) is 6.10. The van der Waals surface area contributed by atoms with Gasteiger partial charge < -0.3 is 15.2 Å². The van der Waals surface area contributed by atoms with Crippen LogP contribution in [0.3, 0.4) is 0 Å². The van der Waals surface area contributed by atoms with Gasteiger partial charge in [-0.15, -0.1) is 0 Å². The lowest BCUT2D eigenvalue weighted by Crippen LogP contribution is -2.34. The maximum atomic E-state index is 8.73. The van der Waals surface area contributed by atoms with E-state index >= 15 is 0 Å². The smallest absolute Gasteiger partial charge is 0.119 e. The summed E-state index contributed by atoms with van der Waals surface area (Å²) in [5.41, 5.74) is 4.95. The number of benzene rings is 1. The fraction of sp³-hybridized carbons (Fsp3) is 0.500. The van der Waals surface area contributed by atoms with Crippen LogP contribution in [0.5, 0.6) is 5.75 Å². The Morgan fingerprint density at radius 1 is 1.22 bits per heavy atom. The maximum absolute atomic E-state index is 8.73. The minimum atomic E-state index is -0.746. The lowest BCUT2D eigenvalue weighted by Gasteiger charge is -2.14. The number of para-hydroxylation sites is 1. The van der Waals surface area contributed by atoms with Crippen molar-refractivity contribution < 1.29 is 9.47 Å². The molecule has 1 rings (SSSR count). The highest BCUT2D eigenvalue weighted by Crippen LogP contribution is 2.08. The van der Waals surface area contributed by atoms with Gasteiger partial charge in [-0.3, -0.25) is 0 Å². The lowest BCUT2D eigenvalue weighted by atomic mass is 10.00. The molecule has 0 aromatic heterocycles. The Bertz CT molecular complexity index is 371.